The van der Waals surface area contributed by atoms with Gasteiger partial charge in [0, 0.05) is 0 Å². The highest BCUT2D eigenvalue weighted by Gasteiger charge is 2.83. The second-order valence-electron chi connectivity index (χ2n) is 6.70. The molecule has 0 aliphatic carbocycles. The number of hydrogen-bond acceptors (Lipinski definition) is 3. The van der Waals surface area contributed by atoms with Crippen molar-refractivity contribution in [3.05, 3.63) is 18.7 Å². The lowest BCUT2D eigenvalue weighted by molar-refractivity contribution is -0.671. The predicted octanol–water partition coefficient (Wildman–Crippen LogP) is 4.63. The van der Waals surface area contributed by atoms with Gasteiger partial charge in [-0.05, 0) is 12.8 Å². The highest BCUT2D eigenvalue weighted by Crippen LogP contribution is 2.54. The number of halogens is 9. The van der Waals surface area contributed by atoms with Crippen LogP contribution in [-0.2, 0) is 23.7 Å². The molecule has 0 saturated heterocycles. The van der Waals surface area contributed by atoms with E-state index in [9.17, 15) is 52.5 Å². The maximum absolute atomic E-state index is 12.2. The van der Waals surface area contributed by atoms with Crippen LogP contribution in [-0.4, -0.2) is 40.8 Å². The molecule has 0 aromatic carbocycles. The third kappa shape index (κ3) is 7.54. The Balaban J connectivity index is 0.000000590. The van der Waals surface area contributed by atoms with Gasteiger partial charge in [-0.25, -0.2) is 17.6 Å². The van der Waals surface area contributed by atoms with E-state index in [4.69, 9.17) is 0 Å². The second kappa shape index (κ2) is 10.9. The highest BCUT2D eigenvalue weighted by molar-refractivity contribution is 7.86. The minimum atomic E-state index is -7.43. The molecule has 0 bridgehead atoms. The molecule has 1 rings (SSSR count). The van der Waals surface area contributed by atoms with Crippen molar-refractivity contribution in [2.75, 3.05) is 0 Å². The summed E-state index contributed by atoms with van der Waals surface area (Å²) >= 11 is 0. The van der Waals surface area contributed by atoms with Crippen LogP contribution < -0.4 is 4.57 Å². The van der Waals surface area contributed by atoms with E-state index >= 15 is 0 Å². The fraction of sp³-hybridized carbons (Fsp3) is 0.812. The van der Waals surface area contributed by atoms with Gasteiger partial charge < -0.3 is 4.55 Å². The molecule has 0 spiro atoms. The molecule has 1 heterocycles. The van der Waals surface area contributed by atoms with Crippen LogP contribution in [0.2, 0.25) is 0 Å². The minimum absolute atomic E-state index is 1.17. The summed E-state index contributed by atoms with van der Waals surface area (Å²) in [6.07, 6.45) is 7.48. The Bertz CT molecular complexity index is 778. The largest absolute Gasteiger partial charge is 0.743 e. The topological polar surface area (TPSA) is 66.0 Å². The van der Waals surface area contributed by atoms with Gasteiger partial charge in [-0.15, -0.1) is 0 Å². The van der Waals surface area contributed by atoms with E-state index in [1.54, 1.807) is 0 Å². The molecule has 1 aromatic rings. The van der Waals surface area contributed by atoms with Crippen LogP contribution in [0.25, 0.3) is 0 Å². The third-order valence-corrected chi connectivity index (χ3v) is 4.91. The maximum atomic E-state index is 12.2. The van der Waals surface area contributed by atoms with E-state index in [1.165, 1.54) is 45.1 Å². The van der Waals surface area contributed by atoms with Gasteiger partial charge in [0.05, 0.1) is 13.6 Å². The molecular formula is C16H23F9N2O3S. The molecule has 0 atom stereocenters. The Morgan fingerprint density at radius 3 is 1.74 bits per heavy atom. The summed E-state index contributed by atoms with van der Waals surface area (Å²) in [5, 5.41) is -7.11. The normalized spacial score (nSPS) is 13.7. The van der Waals surface area contributed by atoms with Crippen molar-refractivity contribution >= 4 is 10.1 Å². The van der Waals surface area contributed by atoms with E-state index in [0.717, 1.165) is 0 Å². The van der Waals surface area contributed by atoms with Crippen molar-refractivity contribution in [2.24, 2.45) is 7.05 Å². The number of imidazole rings is 1. The molecule has 31 heavy (non-hydrogen) atoms. The molecule has 1 aromatic heterocycles. The van der Waals surface area contributed by atoms with E-state index in [2.05, 4.69) is 41.8 Å². The summed E-state index contributed by atoms with van der Waals surface area (Å²) in [7, 11) is -5.35. The fourth-order valence-corrected chi connectivity index (χ4v) is 2.67. The molecule has 0 aliphatic rings. The Hall–Kier alpha value is -1.51. The monoisotopic (exact) mass is 494 g/mol. The van der Waals surface area contributed by atoms with E-state index in [1.807, 2.05) is 0 Å². The van der Waals surface area contributed by atoms with Crippen molar-refractivity contribution in [3.63, 3.8) is 0 Å². The van der Waals surface area contributed by atoms with Crippen LogP contribution in [0.5, 0.6) is 0 Å². The summed E-state index contributed by atoms with van der Waals surface area (Å²) < 4.78 is 140. The smallest absolute Gasteiger partial charge is 0.460 e. The number of aryl methyl sites for hydroxylation is 2. The quantitative estimate of drug-likeness (QED) is 0.206. The SMILES string of the molecule is CCCCCCCCn1cc[n+](C)c1.O=S(=O)([O-])C(F)(F)C(F)(F)C(F)(F)C(F)(F)F. The van der Waals surface area contributed by atoms with Crippen molar-refractivity contribution < 1.29 is 57.1 Å². The summed E-state index contributed by atoms with van der Waals surface area (Å²) in [6.45, 7) is 3.44. The molecule has 184 valence electrons. The molecule has 0 amide bonds. The summed E-state index contributed by atoms with van der Waals surface area (Å²) in [5.41, 5.74) is 0. The summed E-state index contributed by atoms with van der Waals surface area (Å²) in [4.78, 5) is 0. The van der Waals surface area contributed by atoms with Crippen molar-refractivity contribution in [1.29, 1.82) is 0 Å². The molecule has 0 radical (unpaired) electrons. The lowest BCUT2D eigenvalue weighted by Crippen LogP contribution is -2.63. The molecule has 0 unspecified atom stereocenters. The zero-order valence-electron chi connectivity index (χ0n) is 16.6. The van der Waals surface area contributed by atoms with Gasteiger partial charge in [0.15, 0.2) is 10.1 Å². The first-order valence-electron chi connectivity index (χ1n) is 8.99. The zero-order chi connectivity index (χ0) is 24.7. The number of rotatable bonds is 10. The number of hydrogen-bond donors (Lipinski definition) is 0. The predicted molar refractivity (Wildman–Crippen MR) is 89.6 cm³/mol. The van der Waals surface area contributed by atoms with Crippen LogP contribution >= 0.6 is 0 Å². The van der Waals surface area contributed by atoms with Gasteiger partial charge in [0.2, 0.25) is 6.33 Å². The highest BCUT2D eigenvalue weighted by atomic mass is 32.2. The van der Waals surface area contributed by atoms with Gasteiger partial charge in [-0.3, -0.25) is 0 Å². The molecule has 0 saturated carbocycles. The van der Waals surface area contributed by atoms with Gasteiger partial charge in [0.1, 0.15) is 12.4 Å². The molecule has 0 aliphatic heterocycles. The van der Waals surface area contributed by atoms with Gasteiger partial charge in [-0.2, -0.15) is 39.5 Å². The number of aromatic nitrogens is 2. The van der Waals surface area contributed by atoms with Crippen LogP contribution in [0.1, 0.15) is 45.4 Å². The standard InChI is InChI=1S/C12H23N2.C4HF9O3S/c1-3-4-5-6-7-8-9-14-11-10-13(2)12-14;5-1(6,3(9,10)11)2(7,8)4(12,13)17(14,15)16/h10-12H,3-9H2,1-2H3;(H,14,15,16)/q+1;/p-1. The average Bonchev–Trinajstić information content (AvgIpc) is 3.01. The lowest BCUT2D eigenvalue weighted by Gasteiger charge is -2.34. The fourth-order valence-electron chi connectivity index (χ4n) is 2.23. The summed E-state index contributed by atoms with van der Waals surface area (Å²) in [6, 6.07) is 0. The van der Waals surface area contributed by atoms with Gasteiger partial charge in [-0.1, -0.05) is 32.6 Å². The molecule has 15 heteroatoms. The molecule has 0 fully saturated rings. The van der Waals surface area contributed by atoms with E-state index < -0.39 is 33.4 Å². The number of nitrogens with zero attached hydrogens (tertiary/aromatic N) is 2. The number of alkyl halides is 9. The Labute approximate surface area is 173 Å². The lowest BCUT2D eigenvalue weighted by atomic mass is 10.1. The Morgan fingerprint density at radius 1 is 0.871 bits per heavy atom. The van der Waals surface area contributed by atoms with Crippen molar-refractivity contribution in [2.45, 2.75) is 75.3 Å². The zero-order valence-corrected chi connectivity index (χ0v) is 17.4. The average molecular weight is 494 g/mol. The first-order chi connectivity index (χ1) is 13.8. The molecular weight excluding hydrogens is 471 g/mol. The van der Waals surface area contributed by atoms with Crippen LogP contribution in [0.4, 0.5) is 39.5 Å². The summed E-state index contributed by atoms with van der Waals surface area (Å²) in [5.74, 6) is -14.8. The van der Waals surface area contributed by atoms with Crippen LogP contribution in [0, 0.1) is 0 Å². The molecule has 5 nitrogen and oxygen atoms in total. The third-order valence-electron chi connectivity index (χ3n) is 4.02. The Kier molecular flexibility index (Phi) is 10.3. The second-order valence-corrected chi connectivity index (χ2v) is 8.12. The van der Waals surface area contributed by atoms with E-state index in [-0.39, 0.29) is 0 Å². The van der Waals surface area contributed by atoms with Gasteiger partial charge in [0.25, 0.3) is 0 Å². The molecule has 0 N–H and O–H groups in total. The van der Waals surface area contributed by atoms with Crippen LogP contribution in [0.3, 0.4) is 0 Å². The van der Waals surface area contributed by atoms with Crippen molar-refractivity contribution in [3.8, 4) is 0 Å². The van der Waals surface area contributed by atoms with Crippen molar-refractivity contribution in [1.82, 2.24) is 4.57 Å². The maximum Gasteiger partial charge on any atom is 0.460 e. The number of unbranched alkanes of at least 4 members (excludes halogenated alkanes) is 5. The van der Waals surface area contributed by atoms with E-state index in [0.29, 0.717) is 0 Å². The van der Waals surface area contributed by atoms with Crippen LogP contribution in [0.15, 0.2) is 18.7 Å². The Morgan fingerprint density at radius 2 is 1.35 bits per heavy atom. The first-order valence-corrected chi connectivity index (χ1v) is 10.4. The minimum Gasteiger partial charge on any atom is -0.743 e. The first kappa shape index (κ1) is 29.5. The van der Waals surface area contributed by atoms with Gasteiger partial charge >= 0.3 is 23.3 Å².